The smallest absolute Gasteiger partial charge is 0.245 e. The van der Waals surface area contributed by atoms with Crippen LogP contribution in [0.3, 0.4) is 0 Å². The second-order valence-electron chi connectivity index (χ2n) is 11.0. The molecule has 10 heteroatoms. The number of hydrogen-bond acceptors (Lipinski definition) is 8. The molecule has 4 heterocycles. The fourth-order valence-corrected chi connectivity index (χ4v) is 7.97. The maximum Gasteiger partial charge on any atom is 0.245 e. The van der Waals surface area contributed by atoms with E-state index in [0.29, 0.717) is 24.3 Å². The number of aryl methyl sites for hydroxylation is 2. The van der Waals surface area contributed by atoms with Gasteiger partial charge in [0.25, 0.3) is 0 Å². The van der Waals surface area contributed by atoms with Gasteiger partial charge in [0.15, 0.2) is 0 Å². The average molecular weight is 561 g/mol. The third kappa shape index (κ3) is 5.06. The van der Waals surface area contributed by atoms with Gasteiger partial charge in [0.2, 0.25) is 5.95 Å². The molecule has 0 saturated carbocycles. The second-order valence-corrected chi connectivity index (χ2v) is 13.1. The first-order valence-corrected chi connectivity index (χ1v) is 15.9. The molecule has 40 heavy (non-hydrogen) atoms. The summed E-state index contributed by atoms with van der Waals surface area (Å²) in [5, 5.41) is 8.27. The number of hydrogen-bond donors (Lipinski definition) is 3. The van der Waals surface area contributed by atoms with Crippen molar-refractivity contribution >= 4 is 33.6 Å². The van der Waals surface area contributed by atoms with E-state index in [4.69, 9.17) is 9.84 Å². The van der Waals surface area contributed by atoms with E-state index in [0.717, 1.165) is 73.7 Å². The number of ether oxygens (including phenoxy) is 1. The maximum atomic E-state index is 10.5. The Morgan fingerprint density at radius 2 is 1.77 bits per heavy atom. The van der Waals surface area contributed by atoms with Gasteiger partial charge in [0, 0.05) is 36.9 Å². The average Bonchev–Trinajstić information content (AvgIpc) is 3.49. The Hall–Kier alpha value is -3.15. The van der Waals surface area contributed by atoms with E-state index in [2.05, 4.69) is 33.4 Å². The van der Waals surface area contributed by atoms with E-state index < -0.39 is 10.8 Å². The van der Waals surface area contributed by atoms with Crippen molar-refractivity contribution in [3.8, 4) is 11.3 Å². The van der Waals surface area contributed by atoms with Crippen molar-refractivity contribution in [2.24, 2.45) is 0 Å². The summed E-state index contributed by atoms with van der Waals surface area (Å²) in [7, 11) is -2.74. The van der Waals surface area contributed by atoms with Crippen LogP contribution in [-0.2, 0) is 17.6 Å². The van der Waals surface area contributed by atoms with Gasteiger partial charge in [-0.2, -0.15) is 0 Å². The number of rotatable bonds is 5. The Kier molecular flexibility index (Phi) is 6.89. The van der Waals surface area contributed by atoms with Gasteiger partial charge in [-0.05, 0) is 79.6 Å². The summed E-state index contributed by atoms with van der Waals surface area (Å²) in [6, 6.07) is 19.2. The Morgan fingerprint density at radius 1 is 0.925 bits per heavy atom. The van der Waals surface area contributed by atoms with Crippen molar-refractivity contribution in [3.05, 3.63) is 71.9 Å². The summed E-state index contributed by atoms with van der Waals surface area (Å²) in [4.78, 5) is 7.19. The van der Waals surface area contributed by atoms with Crippen LogP contribution < -0.4 is 9.62 Å². The molecule has 3 aliphatic rings. The van der Waals surface area contributed by atoms with Crippen molar-refractivity contribution in [2.45, 2.75) is 38.1 Å². The molecule has 4 aromatic rings. The van der Waals surface area contributed by atoms with Crippen molar-refractivity contribution in [3.63, 3.8) is 0 Å². The van der Waals surface area contributed by atoms with E-state index in [1.807, 2.05) is 47.1 Å². The molecule has 0 bridgehead atoms. The molecule has 0 amide bonds. The van der Waals surface area contributed by atoms with Crippen LogP contribution in [0.15, 0.2) is 60.8 Å². The quantitative estimate of drug-likeness (QED) is 0.272. The summed E-state index contributed by atoms with van der Waals surface area (Å²) < 4.78 is 30.1. The van der Waals surface area contributed by atoms with Crippen molar-refractivity contribution in [1.82, 2.24) is 19.5 Å². The van der Waals surface area contributed by atoms with Crippen molar-refractivity contribution < 1.29 is 13.8 Å². The highest BCUT2D eigenvalue weighted by Gasteiger charge is 2.29. The molecule has 0 spiro atoms. The highest BCUT2D eigenvalue weighted by Crippen LogP contribution is 2.51. The standard InChI is InChI=1S/C30H36N6O3S/c37-40(38)18-2-13-35(40)27-4-1-3-24(20-27)29-12-11-28-21-31-30(33-36(28)29)32-25-8-5-22-6-9-26(10-7-23(22)19-25)34-14-16-39-17-15-34/h1,3-5,8,11-12,19-21,26,37-38H,2,6-7,9-10,13-18H2,(H,32,33). The Labute approximate surface area is 236 Å². The normalized spacial score (nSPS) is 22.1. The summed E-state index contributed by atoms with van der Waals surface area (Å²) in [6.45, 7) is 4.43. The first kappa shape index (κ1) is 25.8. The maximum absolute atomic E-state index is 10.5. The summed E-state index contributed by atoms with van der Waals surface area (Å²) >= 11 is 0. The van der Waals surface area contributed by atoms with Gasteiger partial charge < -0.3 is 10.1 Å². The van der Waals surface area contributed by atoms with E-state index in [-0.39, 0.29) is 0 Å². The summed E-state index contributed by atoms with van der Waals surface area (Å²) in [6.07, 6.45) is 7.17. The lowest BCUT2D eigenvalue weighted by molar-refractivity contribution is 0.0136. The van der Waals surface area contributed by atoms with Crippen LogP contribution in [0, 0.1) is 0 Å². The van der Waals surface area contributed by atoms with Crippen LogP contribution in [-0.4, -0.2) is 73.2 Å². The molecule has 2 aromatic heterocycles. The van der Waals surface area contributed by atoms with Gasteiger partial charge in [-0.3, -0.25) is 18.3 Å². The van der Waals surface area contributed by atoms with Gasteiger partial charge in [-0.1, -0.05) is 18.2 Å². The minimum absolute atomic E-state index is 0.421. The van der Waals surface area contributed by atoms with Crippen LogP contribution in [0.4, 0.5) is 17.3 Å². The van der Waals surface area contributed by atoms with Crippen molar-refractivity contribution in [1.29, 1.82) is 0 Å². The highest BCUT2D eigenvalue weighted by molar-refractivity contribution is 8.25. The zero-order valence-corrected chi connectivity index (χ0v) is 23.4. The predicted molar refractivity (Wildman–Crippen MR) is 161 cm³/mol. The van der Waals surface area contributed by atoms with Crippen LogP contribution in [0.25, 0.3) is 16.8 Å². The van der Waals surface area contributed by atoms with Crippen molar-refractivity contribution in [2.75, 3.05) is 48.2 Å². The number of benzene rings is 2. The van der Waals surface area contributed by atoms with Gasteiger partial charge in [-0.15, -0.1) is 15.9 Å². The number of fused-ring (bicyclic) bond motifs is 2. The zero-order valence-electron chi connectivity index (χ0n) is 22.6. The molecule has 210 valence electrons. The fourth-order valence-electron chi connectivity index (χ4n) is 6.36. The SMILES string of the molecule is OS1(O)CCCN1c1cccc(-c2ccc3cnc(Nc4ccc5c(c4)CCC(N4CCOCC4)CC5)nn23)c1. The molecule has 2 aliphatic heterocycles. The number of anilines is 3. The molecular weight excluding hydrogens is 524 g/mol. The Bertz CT molecular complexity index is 1520. The third-order valence-corrected chi connectivity index (χ3v) is 10.4. The molecule has 7 rings (SSSR count). The Balaban J connectivity index is 1.11. The van der Waals surface area contributed by atoms with Gasteiger partial charge in [0.1, 0.15) is 0 Å². The summed E-state index contributed by atoms with van der Waals surface area (Å²) in [5.74, 6) is 0.958. The molecule has 2 aromatic carbocycles. The van der Waals surface area contributed by atoms with Crippen LogP contribution in [0.1, 0.15) is 30.4 Å². The number of nitrogens with one attached hydrogen (secondary N) is 1. The first-order valence-electron chi connectivity index (χ1n) is 14.2. The van der Waals surface area contributed by atoms with Crippen LogP contribution >= 0.6 is 10.8 Å². The number of nitrogens with zero attached hydrogens (tertiary/aromatic N) is 5. The lowest BCUT2D eigenvalue weighted by atomic mass is 10.0. The topological polar surface area (TPSA) is 98.4 Å². The predicted octanol–water partition coefficient (Wildman–Crippen LogP) is 5.60. The number of aromatic nitrogens is 3. The van der Waals surface area contributed by atoms with Crippen LogP contribution in [0.2, 0.25) is 0 Å². The monoisotopic (exact) mass is 560 g/mol. The van der Waals surface area contributed by atoms with Gasteiger partial charge >= 0.3 is 0 Å². The van der Waals surface area contributed by atoms with E-state index in [1.165, 1.54) is 24.0 Å². The second kappa shape index (κ2) is 10.7. The van der Waals surface area contributed by atoms with E-state index in [9.17, 15) is 9.11 Å². The van der Waals surface area contributed by atoms with E-state index in [1.54, 1.807) is 4.31 Å². The first-order chi connectivity index (χ1) is 19.5. The lowest BCUT2D eigenvalue weighted by Crippen LogP contribution is -2.43. The Morgan fingerprint density at radius 3 is 2.60 bits per heavy atom. The zero-order chi connectivity index (χ0) is 27.1. The van der Waals surface area contributed by atoms with Crippen LogP contribution in [0.5, 0.6) is 0 Å². The van der Waals surface area contributed by atoms with Gasteiger partial charge in [-0.25, -0.2) is 9.50 Å². The third-order valence-electron chi connectivity index (χ3n) is 8.48. The molecule has 9 nitrogen and oxygen atoms in total. The molecule has 2 saturated heterocycles. The number of morpholine rings is 1. The molecule has 3 N–H and O–H groups in total. The largest absolute Gasteiger partial charge is 0.379 e. The molecule has 0 radical (unpaired) electrons. The fraction of sp³-hybridized carbons (Fsp3) is 0.400. The highest BCUT2D eigenvalue weighted by atomic mass is 32.3. The lowest BCUT2D eigenvalue weighted by Gasteiger charge is -2.38. The molecule has 2 fully saturated rings. The molecule has 1 unspecified atom stereocenters. The van der Waals surface area contributed by atoms with E-state index >= 15 is 0 Å². The molecule has 1 atom stereocenters. The molecule has 1 aliphatic carbocycles. The molecular formula is C30H36N6O3S. The minimum atomic E-state index is -2.74. The summed E-state index contributed by atoms with van der Waals surface area (Å²) in [5.41, 5.74) is 7.45. The van der Waals surface area contributed by atoms with Gasteiger partial charge in [0.05, 0.1) is 42.1 Å². The minimum Gasteiger partial charge on any atom is -0.379 e.